The molecule has 326 valence electrons. The Hall–Kier alpha value is -3.75. The van der Waals surface area contributed by atoms with Crippen molar-refractivity contribution >= 4 is 17.7 Å². The van der Waals surface area contributed by atoms with Gasteiger partial charge in [0.2, 0.25) is 0 Å². The second-order valence-electron chi connectivity index (χ2n) is 16.4. The minimum atomic E-state index is -1.24. The Morgan fingerprint density at radius 1 is 0.780 bits per heavy atom. The minimum absolute atomic E-state index is 0.136. The van der Waals surface area contributed by atoms with Gasteiger partial charge < -0.3 is 44.5 Å². The SMILES string of the molecule is C/C(=C\[C@H](C)CCCCC(=O)O)[C@H]1O[C@@H]2C=CC1OC(=O)/C=C/C=C\C=C\C(=O)C1CC(O)C(C)[C@H](/C=C/C[C@H]3O[C@H](C[C@H](O)[C@H]3C)[C@@H](O)[C@@H](O)/C=C/CC/C=C/C2)O1. The van der Waals surface area contributed by atoms with E-state index >= 15 is 0 Å². The molecule has 2 saturated heterocycles. The monoisotopic (exact) mass is 822 g/mol. The van der Waals surface area contributed by atoms with Gasteiger partial charge >= 0.3 is 11.9 Å². The maximum Gasteiger partial charge on any atom is 0.331 e. The number of unbranched alkanes of at least 4 members (excludes halogenated alkanes) is 1. The second kappa shape index (κ2) is 24.5. The van der Waals surface area contributed by atoms with Crippen LogP contribution in [0.15, 0.2) is 96.7 Å². The summed E-state index contributed by atoms with van der Waals surface area (Å²) in [5, 5.41) is 52.4. The van der Waals surface area contributed by atoms with Crippen LogP contribution in [0.2, 0.25) is 0 Å². The van der Waals surface area contributed by atoms with Crippen molar-refractivity contribution in [2.45, 2.75) is 159 Å². The Bertz CT molecular complexity index is 1600. The molecule has 5 rings (SSSR count). The molecule has 12 heteroatoms. The fraction of sp³-hybridized carbons (Fsp3) is 0.596. The summed E-state index contributed by atoms with van der Waals surface area (Å²) in [6, 6.07) is 0. The van der Waals surface area contributed by atoms with E-state index in [1.807, 2.05) is 57.2 Å². The number of esters is 1. The van der Waals surface area contributed by atoms with Crippen molar-refractivity contribution in [3.8, 4) is 0 Å². The second-order valence-corrected chi connectivity index (χ2v) is 16.4. The molecule has 5 aliphatic rings. The third kappa shape index (κ3) is 15.7. The number of ether oxygens (including phenoxy) is 4. The van der Waals surface area contributed by atoms with Crippen LogP contribution >= 0.6 is 0 Å². The van der Waals surface area contributed by atoms with Crippen LogP contribution < -0.4 is 0 Å². The summed E-state index contributed by atoms with van der Waals surface area (Å²) < 4.78 is 24.7. The predicted molar refractivity (Wildman–Crippen MR) is 224 cm³/mol. The number of fused-ring (bicyclic) bond motifs is 13. The molecule has 0 aromatic carbocycles. The first-order valence-electron chi connectivity index (χ1n) is 21.2. The van der Waals surface area contributed by atoms with Gasteiger partial charge in [0.1, 0.15) is 24.4 Å². The maximum absolute atomic E-state index is 13.1. The van der Waals surface area contributed by atoms with Crippen molar-refractivity contribution < 1.29 is 58.9 Å². The average molecular weight is 823 g/mol. The van der Waals surface area contributed by atoms with Crippen LogP contribution in [-0.2, 0) is 33.3 Å². The highest BCUT2D eigenvalue weighted by Gasteiger charge is 2.40. The molecule has 14 atom stereocenters. The van der Waals surface area contributed by atoms with E-state index in [-0.39, 0.29) is 48.9 Å². The van der Waals surface area contributed by atoms with Crippen molar-refractivity contribution in [2.75, 3.05) is 0 Å². The van der Waals surface area contributed by atoms with E-state index in [0.29, 0.717) is 32.1 Å². The summed E-state index contributed by atoms with van der Waals surface area (Å²) >= 11 is 0. The number of carbonyl (C=O) groups is 3. The van der Waals surface area contributed by atoms with Gasteiger partial charge in [0.25, 0.3) is 0 Å². The van der Waals surface area contributed by atoms with Crippen LogP contribution in [0.3, 0.4) is 0 Å². The van der Waals surface area contributed by atoms with Gasteiger partial charge in [-0.3, -0.25) is 9.59 Å². The Labute approximate surface area is 349 Å². The molecule has 0 aliphatic carbocycles. The molecule has 0 saturated carbocycles. The van der Waals surface area contributed by atoms with E-state index in [0.717, 1.165) is 18.4 Å². The number of carboxylic acids is 1. The molecule has 0 spiro atoms. The van der Waals surface area contributed by atoms with Crippen molar-refractivity contribution in [1.29, 1.82) is 0 Å². The summed E-state index contributed by atoms with van der Waals surface area (Å²) in [4.78, 5) is 36.9. The number of rotatable bonds is 7. The smallest absolute Gasteiger partial charge is 0.331 e. The van der Waals surface area contributed by atoms with E-state index in [1.54, 1.807) is 30.4 Å². The number of aliphatic hydroxyl groups is 4. The van der Waals surface area contributed by atoms with Gasteiger partial charge in [-0.1, -0.05) is 100 Å². The first-order chi connectivity index (χ1) is 28.2. The predicted octanol–water partition coefficient (Wildman–Crippen LogP) is 5.96. The molecule has 0 radical (unpaired) electrons. The average Bonchev–Trinajstić information content (AvgIpc) is 3.19. The van der Waals surface area contributed by atoms with Crippen LogP contribution in [0, 0.1) is 17.8 Å². The molecular formula is C47H66O12. The highest BCUT2D eigenvalue weighted by atomic mass is 16.6. The van der Waals surface area contributed by atoms with Crippen LogP contribution in [0.1, 0.15) is 91.9 Å². The van der Waals surface area contributed by atoms with E-state index < -0.39 is 73.0 Å². The van der Waals surface area contributed by atoms with E-state index in [9.17, 15) is 34.8 Å². The fourth-order valence-electron chi connectivity index (χ4n) is 7.79. The molecule has 5 aliphatic heterocycles. The van der Waals surface area contributed by atoms with Gasteiger partial charge in [0.15, 0.2) is 11.9 Å². The largest absolute Gasteiger partial charge is 0.481 e. The first kappa shape index (κ1) is 47.9. The number of aliphatic carboxylic acids is 1. The van der Waals surface area contributed by atoms with Crippen molar-refractivity contribution in [3.05, 3.63) is 96.7 Å². The van der Waals surface area contributed by atoms with Crippen molar-refractivity contribution in [1.82, 2.24) is 0 Å². The van der Waals surface area contributed by atoms with Gasteiger partial charge in [-0.2, -0.15) is 0 Å². The normalized spacial score (nSPS) is 39.5. The van der Waals surface area contributed by atoms with Crippen LogP contribution in [-0.4, -0.2) is 110 Å². The van der Waals surface area contributed by atoms with Crippen molar-refractivity contribution in [3.63, 3.8) is 0 Å². The lowest BCUT2D eigenvalue weighted by atomic mass is 9.85. The topological polar surface area (TPSA) is 189 Å². The summed E-state index contributed by atoms with van der Waals surface area (Å²) in [6.07, 6.45) is 22.7. The molecule has 2 fully saturated rings. The van der Waals surface area contributed by atoms with Gasteiger partial charge in [-0.15, -0.1) is 0 Å². The van der Waals surface area contributed by atoms with Crippen LogP contribution in [0.4, 0.5) is 0 Å². The molecule has 12 nitrogen and oxygen atoms in total. The van der Waals surface area contributed by atoms with E-state index in [4.69, 9.17) is 24.1 Å². The quantitative estimate of drug-likeness (QED) is 0.115. The Morgan fingerprint density at radius 3 is 2.27 bits per heavy atom. The summed E-state index contributed by atoms with van der Waals surface area (Å²) in [5.41, 5.74) is 0.905. The summed E-state index contributed by atoms with van der Waals surface area (Å²) in [5.74, 6) is -2.03. The summed E-state index contributed by atoms with van der Waals surface area (Å²) in [6.45, 7) is 7.75. The Kier molecular flexibility index (Phi) is 19.9. The molecule has 6 bridgehead atoms. The Balaban J connectivity index is 1.50. The molecule has 59 heavy (non-hydrogen) atoms. The number of carbonyl (C=O) groups excluding carboxylic acids is 2. The van der Waals surface area contributed by atoms with E-state index in [2.05, 4.69) is 13.0 Å². The Morgan fingerprint density at radius 2 is 1.51 bits per heavy atom. The first-order valence-corrected chi connectivity index (χ1v) is 21.2. The molecule has 0 aromatic rings. The highest BCUT2D eigenvalue weighted by Crippen LogP contribution is 2.32. The number of hydrogen-bond acceptors (Lipinski definition) is 11. The number of hydrogen-bond donors (Lipinski definition) is 5. The van der Waals surface area contributed by atoms with E-state index in [1.165, 1.54) is 18.2 Å². The lowest BCUT2D eigenvalue weighted by molar-refractivity contribution is -0.175. The number of ketones is 1. The zero-order chi connectivity index (χ0) is 42.9. The molecule has 5 N–H and O–H groups in total. The maximum atomic E-state index is 13.1. The fourth-order valence-corrected chi connectivity index (χ4v) is 7.79. The molecule has 4 unspecified atom stereocenters. The van der Waals surface area contributed by atoms with Crippen LogP contribution in [0.25, 0.3) is 0 Å². The molecule has 0 amide bonds. The molecule has 5 heterocycles. The highest BCUT2D eigenvalue weighted by molar-refractivity contribution is 5.94. The third-order valence-corrected chi connectivity index (χ3v) is 11.5. The zero-order valence-corrected chi connectivity index (χ0v) is 34.9. The molecular weight excluding hydrogens is 757 g/mol. The van der Waals surface area contributed by atoms with Gasteiger partial charge in [-0.05, 0) is 69.1 Å². The van der Waals surface area contributed by atoms with Crippen LogP contribution in [0.5, 0.6) is 0 Å². The summed E-state index contributed by atoms with van der Waals surface area (Å²) in [7, 11) is 0. The lowest BCUT2D eigenvalue weighted by Gasteiger charge is -2.40. The van der Waals surface area contributed by atoms with Crippen molar-refractivity contribution in [2.24, 2.45) is 17.8 Å². The number of aliphatic hydroxyl groups excluding tert-OH is 4. The van der Waals surface area contributed by atoms with Gasteiger partial charge in [0, 0.05) is 37.2 Å². The van der Waals surface area contributed by atoms with Gasteiger partial charge in [-0.25, -0.2) is 4.79 Å². The standard InChI is InChI=1S/C47H66O12/c1-30(17-14-15-23-44(52)53)27-31(2)47-41-26-25-34(56-47)18-10-6-5-7-12-20-36(49)46(55)43-29-38(51)33(4)40(58-43)22-16-21-39-32(3)37(50)28-42(57-39)35(48)19-11-8-9-13-24-45(54)59-41/h6,8-13,16,19-21,24-27,30,32-34,36-43,46-47,49-51,55H,5,7,14-15,17-18,22-23,28-29H2,1-4H3,(H,52,53)/b9-8-,10-6+,19-11+,20-12+,21-16+,24-13+,31-27+/t30-,32?,33-,34+,36+,37?,38+,39+,40-,41?,42?,43-,46+,47-/m1/s1. The van der Waals surface area contributed by atoms with Gasteiger partial charge in [0.05, 0.1) is 36.6 Å². The number of allylic oxidation sites excluding steroid dienone is 7. The lowest BCUT2D eigenvalue weighted by Crippen LogP contribution is -2.50. The number of carboxylic acid groups (broad SMARTS) is 1. The molecule has 0 aromatic heterocycles. The third-order valence-electron chi connectivity index (χ3n) is 11.5. The minimum Gasteiger partial charge on any atom is -0.481 e. The zero-order valence-electron chi connectivity index (χ0n) is 34.9.